The van der Waals surface area contributed by atoms with E-state index >= 15 is 0 Å². The highest BCUT2D eigenvalue weighted by atomic mass is 32.2. The van der Waals surface area contributed by atoms with E-state index in [2.05, 4.69) is 26.8 Å². The second-order valence-electron chi connectivity index (χ2n) is 2.04. The van der Waals surface area contributed by atoms with Crippen LogP contribution in [0.25, 0.3) is 0 Å². The van der Waals surface area contributed by atoms with Crippen LogP contribution in [0.5, 0.6) is 0 Å². The van der Waals surface area contributed by atoms with Gasteiger partial charge in [-0.2, -0.15) is 11.8 Å². The van der Waals surface area contributed by atoms with Gasteiger partial charge in [0.25, 0.3) is 0 Å². The number of rotatable bonds is 4. The van der Waals surface area contributed by atoms with Crippen molar-refractivity contribution in [3.63, 3.8) is 0 Å². The summed E-state index contributed by atoms with van der Waals surface area (Å²) in [7, 11) is 0. The van der Waals surface area contributed by atoms with E-state index in [1.165, 1.54) is 17.1 Å². The lowest BCUT2D eigenvalue weighted by molar-refractivity contribution is 1.24. The highest BCUT2D eigenvalue weighted by Crippen LogP contribution is 2.07. The van der Waals surface area contributed by atoms with Crippen molar-refractivity contribution in [2.75, 3.05) is 11.5 Å². The molecule has 0 saturated carbocycles. The molecule has 0 nitrogen and oxygen atoms in total. The lowest BCUT2D eigenvalue weighted by Gasteiger charge is -1.97. The average Bonchev–Trinajstić information content (AvgIpc) is 1.89. The fourth-order valence-electron chi connectivity index (χ4n) is 0.419. The lowest BCUT2D eigenvalue weighted by Crippen LogP contribution is -1.82. The molecule has 0 aliphatic carbocycles. The summed E-state index contributed by atoms with van der Waals surface area (Å²) in [4.78, 5) is 0. The van der Waals surface area contributed by atoms with Crippen LogP contribution in [0.15, 0.2) is 11.6 Å². The largest absolute Gasteiger partial charge is 0.158 e. The molecule has 0 N–H and O–H groups in total. The molecule has 0 aromatic rings. The van der Waals surface area contributed by atoms with E-state index in [9.17, 15) is 0 Å². The SMILES string of the molecule is [CH2]CCSCC(C)=CC. The monoisotopic (exact) mass is 143 g/mol. The first-order chi connectivity index (χ1) is 4.31. The maximum Gasteiger partial charge on any atom is 0.0140 e. The average molecular weight is 143 g/mol. The fourth-order valence-corrected chi connectivity index (χ4v) is 1.26. The van der Waals surface area contributed by atoms with Crippen LogP contribution in [0.2, 0.25) is 0 Å². The summed E-state index contributed by atoms with van der Waals surface area (Å²) < 4.78 is 0. The molecule has 0 amide bonds. The third kappa shape index (κ3) is 5.97. The van der Waals surface area contributed by atoms with Gasteiger partial charge in [0.2, 0.25) is 0 Å². The van der Waals surface area contributed by atoms with Gasteiger partial charge < -0.3 is 0 Å². The van der Waals surface area contributed by atoms with Crippen molar-refractivity contribution >= 4 is 11.8 Å². The Morgan fingerprint density at radius 1 is 1.67 bits per heavy atom. The van der Waals surface area contributed by atoms with Crippen molar-refractivity contribution < 1.29 is 0 Å². The summed E-state index contributed by atoms with van der Waals surface area (Å²) in [5.74, 6) is 2.36. The van der Waals surface area contributed by atoms with E-state index in [1.807, 2.05) is 11.8 Å². The molecule has 0 aliphatic heterocycles. The quantitative estimate of drug-likeness (QED) is 0.431. The zero-order valence-corrected chi connectivity index (χ0v) is 7.13. The van der Waals surface area contributed by atoms with Crippen molar-refractivity contribution in [1.82, 2.24) is 0 Å². The molecule has 0 saturated heterocycles. The molecule has 0 aromatic carbocycles. The minimum absolute atomic E-state index is 1.04. The third-order valence-electron chi connectivity index (χ3n) is 1.11. The van der Waals surface area contributed by atoms with Crippen LogP contribution in [0.4, 0.5) is 0 Å². The predicted molar refractivity (Wildman–Crippen MR) is 46.7 cm³/mol. The van der Waals surface area contributed by atoms with Gasteiger partial charge in [0, 0.05) is 5.75 Å². The maximum absolute atomic E-state index is 3.77. The Labute approximate surface area is 62.7 Å². The van der Waals surface area contributed by atoms with E-state index < -0.39 is 0 Å². The Balaban J connectivity index is 3.07. The molecule has 0 aromatic heterocycles. The Bertz CT molecular complexity index is 84.6. The summed E-state index contributed by atoms with van der Waals surface area (Å²) in [5, 5.41) is 0. The molecular weight excluding hydrogens is 128 g/mol. The van der Waals surface area contributed by atoms with Gasteiger partial charge >= 0.3 is 0 Å². The summed E-state index contributed by atoms with van der Waals surface area (Å²) in [5.41, 5.74) is 1.47. The Morgan fingerprint density at radius 2 is 2.33 bits per heavy atom. The molecule has 0 heterocycles. The molecule has 1 heteroatoms. The first kappa shape index (κ1) is 9.09. The number of hydrogen-bond acceptors (Lipinski definition) is 1. The second-order valence-corrected chi connectivity index (χ2v) is 3.15. The molecule has 0 bridgehead atoms. The summed E-state index contributed by atoms with van der Waals surface area (Å²) in [6.45, 7) is 8.01. The van der Waals surface area contributed by atoms with Gasteiger partial charge in [0.1, 0.15) is 0 Å². The number of hydrogen-bond donors (Lipinski definition) is 0. The third-order valence-corrected chi connectivity index (χ3v) is 2.35. The van der Waals surface area contributed by atoms with Gasteiger partial charge in [-0.15, -0.1) is 0 Å². The maximum atomic E-state index is 3.77. The highest BCUT2D eigenvalue weighted by molar-refractivity contribution is 7.99. The fraction of sp³-hybridized carbons (Fsp3) is 0.625. The topological polar surface area (TPSA) is 0 Å². The molecule has 0 spiro atoms. The van der Waals surface area contributed by atoms with Crippen LogP contribution in [0.3, 0.4) is 0 Å². The van der Waals surface area contributed by atoms with Crippen LogP contribution < -0.4 is 0 Å². The molecule has 0 atom stereocenters. The van der Waals surface area contributed by atoms with Crippen molar-refractivity contribution in [2.24, 2.45) is 0 Å². The van der Waals surface area contributed by atoms with Crippen LogP contribution in [0.1, 0.15) is 20.3 Å². The van der Waals surface area contributed by atoms with Gasteiger partial charge in [-0.1, -0.05) is 18.6 Å². The highest BCUT2D eigenvalue weighted by Gasteiger charge is 1.86. The Kier molecular flexibility index (Phi) is 6.28. The smallest absolute Gasteiger partial charge is 0.0140 e. The first-order valence-corrected chi connectivity index (χ1v) is 4.45. The van der Waals surface area contributed by atoms with Gasteiger partial charge in [0.05, 0.1) is 0 Å². The van der Waals surface area contributed by atoms with Crippen LogP contribution in [0, 0.1) is 6.92 Å². The zero-order valence-electron chi connectivity index (χ0n) is 6.31. The van der Waals surface area contributed by atoms with Gasteiger partial charge in [-0.05, 0) is 26.0 Å². The zero-order chi connectivity index (χ0) is 7.11. The lowest BCUT2D eigenvalue weighted by atomic mass is 10.3. The molecule has 0 unspecified atom stereocenters. The molecule has 1 radical (unpaired) electrons. The van der Waals surface area contributed by atoms with Crippen LogP contribution >= 0.6 is 11.8 Å². The Hall–Kier alpha value is 0.0900. The molecule has 0 aliphatic rings. The molecule has 0 rings (SSSR count). The normalized spacial score (nSPS) is 12.1. The predicted octanol–water partition coefficient (Wildman–Crippen LogP) is 2.91. The van der Waals surface area contributed by atoms with E-state index in [1.54, 1.807) is 0 Å². The van der Waals surface area contributed by atoms with E-state index in [4.69, 9.17) is 0 Å². The second kappa shape index (κ2) is 6.21. The molecule has 0 fully saturated rings. The van der Waals surface area contributed by atoms with Crippen LogP contribution in [-0.2, 0) is 0 Å². The van der Waals surface area contributed by atoms with E-state index in [0.29, 0.717) is 0 Å². The molecule has 9 heavy (non-hydrogen) atoms. The molecule has 53 valence electrons. The number of allylic oxidation sites excluding steroid dienone is 1. The van der Waals surface area contributed by atoms with Crippen molar-refractivity contribution in [3.8, 4) is 0 Å². The van der Waals surface area contributed by atoms with Gasteiger partial charge in [-0.3, -0.25) is 0 Å². The Morgan fingerprint density at radius 3 is 2.78 bits per heavy atom. The minimum atomic E-state index is 1.04. The van der Waals surface area contributed by atoms with Crippen LogP contribution in [-0.4, -0.2) is 11.5 Å². The van der Waals surface area contributed by atoms with Crippen molar-refractivity contribution in [2.45, 2.75) is 20.3 Å². The summed E-state index contributed by atoms with van der Waals surface area (Å²) in [6.07, 6.45) is 3.21. The standard InChI is InChI=1S/C8H15S/c1-4-6-9-7-8(3)5-2/h5H,1,4,6-7H2,2-3H3. The van der Waals surface area contributed by atoms with Crippen molar-refractivity contribution in [3.05, 3.63) is 18.6 Å². The minimum Gasteiger partial charge on any atom is -0.158 e. The van der Waals surface area contributed by atoms with Gasteiger partial charge in [0.15, 0.2) is 0 Å². The van der Waals surface area contributed by atoms with E-state index in [0.717, 1.165) is 6.42 Å². The summed E-state index contributed by atoms with van der Waals surface area (Å²) >= 11 is 1.96. The van der Waals surface area contributed by atoms with Gasteiger partial charge in [-0.25, -0.2) is 0 Å². The van der Waals surface area contributed by atoms with Crippen molar-refractivity contribution in [1.29, 1.82) is 0 Å². The first-order valence-electron chi connectivity index (χ1n) is 3.30. The summed E-state index contributed by atoms with van der Waals surface area (Å²) in [6, 6.07) is 0. The molecular formula is C8H15S. The van der Waals surface area contributed by atoms with E-state index in [-0.39, 0.29) is 0 Å². The number of thioether (sulfide) groups is 1.